The van der Waals surface area contributed by atoms with Crippen molar-refractivity contribution in [2.45, 2.75) is 52.1 Å². The molecule has 8 heteroatoms. The molecule has 0 bridgehead atoms. The van der Waals surface area contributed by atoms with Crippen LogP contribution in [0, 0.1) is 6.92 Å². The lowest BCUT2D eigenvalue weighted by molar-refractivity contribution is -0.133. The number of aryl methyl sites for hydroxylation is 1. The highest BCUT2D eigenvalue weighted by Crippen LogP contribution is 2.33. The molecular weight excluding hydrogens is 406 g/mol. The maximum atomic E-state index is 13.0. The molecule has 0 saturated carbocycles. The highest BCUT2D eigenvalue weighted by atomic mass is 16.5. The maximum Gasteiger partial charge on any atom is 0.226 e. The monoisotopic (exact) mass is 437 g/mol. The van der Waals surface area contributed by atoms with E-state index in [1.165, 1.54) is 0 Å². The molecule has 1 atom stereocenters. The molecule has 2 aliphatic heterocycles. The van der Waals surface area contributed by atoms with Crippen molar-refractivity contribution in [3.63, 3.8) is 0 Å². The number of rotatable bonds is 6. The number of nitrogens with zero attached hydrogens (tertiary/aromatic N) is 4. The molecule has 2 aliphatic rings. The van der Waals surface area contributed by atoms with E-state index in [1.807, 2.05) is 48.0 Å². The summed E-state index contributed by atoms with van der Waals surface area (Å²) in [7, 11) is 1.83. The van der Waals surface area contributed by atoms with Gasteiger partial charge in [0.05, 0.1) is 31.3 Å². The average molecular weight is 438 g/mol. The Morgan fingerprint density at radius 3 is 2.78 bits per heavy atom. The molecule has 1 fully saturated rings. The molecule has 1 N–H and O–H groups in total. The summed E-state index contributed by atoms with van der Waals surface area (Å²) in [6, 6.07) is 7.70. The molecule has 0 unspecified atom stereocenters. The summed E-state index contributed by atoms with van der Waals surface area (Å²) >= 11 is 0. The zero-order chi connectivity index (χ0) is 22.7. The number of likely N-dealkylation sites (tertiary alicyclic amines) is 1. The fraction of sp³-hybridized carbons (Fsp3) is 0.500. The minimum absolute atomic E-state index is 0.0576. The predicted molar refractivity (Wildman–Crippen MR) is 121 cm³/mol. The van der Waals surface area contributed by atoms with Crippen molar-refractivity contribution in [3.05, 3.63) is 46.9 Å². The number of anilines is 1. The van der Waals surface area contributed by atoms with E-state index in [1.54, 1.807) is 6.92 Å². The van der Waals surface area contributed by atoms with Gasteiger partial charge >= 0.3 is 0 Å². The first kappa shape index (κ1) is 22.0. The molecule has 0 aliphatic carbocycles. The Balaban J connectivity index is 1.46. The molecule has 0 spiro atoms. The Hall–Kier alpha value is -3.16. The molecular formula is C24H31N5O3. The summed E-state index contributed by atoms with van der Waals surface area (Å²) in [5.74, 6) is 2.38. The van der Waals surface area contributed by atoms with Crippen LogP contribution in [0.3, 0.4) is 0 Å². The van der Waals surface area contributed by atoms with Crippen molar-refractivity contribution in [2.24, 2.45) is 0 Å². The smallest absolute Gasteiger partial charge is 0.226 e. The summed E-state index contributed by atoms with van der Waals surface area (Å²) in [5, 5.41) is 3.17. The normalized spacial score (nSPS) is 17.8. The van der Waals surface area contributed by atoms with Crippen molar-refractivity contribution in [3.8, 4) is 5.75 Å². The Bertz CT molecular complexity index is 992. The topological polar surface area (TPSA) is 87.7 Å². The van der Waals surface area contributed by atoms with Gasteiger partial charge in [-0.1, -0.05) is 18.2 Å². The van der Waals surface area contributed by atoms with Crippen LogP contribution >= 0.6 is 0 Å². The Labute approximate surface area is 189 Å². The van der Waals surface area contributed by atoms with Crippen LogP contribution in [0.5, 0.6) is 5.75 Å². The van der Waals surface area contributed by atoms with Crippen LogP contribution in [-0.4, -0.2) is 58.3 Å². The van der Waals surface area contributed by atoms with Gasteiger partial charge < -0.3 is 19.9 Å². The van der Waals surface area contributed by atoms with Gasteiger partial charge in [0.25, 0.3) is 0 Å². The van der Waals surface area contributed by atoms with E-state index < -0.39 is 0 Å². The van der Waals surface area contributed by atoms with Crippen molar-refractivity contribution >= 4 is 17.6 Å². The SMILES string of the molecule is CNc1nc([C@H]2CCCN2C(=O)CCOc2ccccc2C)nc2c1CN(C(C)=O)CC2. The highest BCUT2D eigenvalue weighted by Gasteiger charge is 2.33. The van der Waals surface area contributed by atoms with E-state index >= 15 is 0 Å². The zero-order valence-corrected chi connectivity index (χ0v) is 19.1. The van der Waals surface area contributed by atoms with Gasteiger partial charge in [0, 0.05) is 39.0 Å². The molecule has 1 aromatic carbocycles. The number of amides is 2. The molecule has 8 nitrogen and oxygen atoms in total. The summed E-state index contributed by atoms with van der Waals surface area (Å²) in [6.07, 6.45) is 2.81. The Morgan fingerprint density at radius 1 is 1.22 bits per heavy atom. The molecule has 2 aromatic rings. The molecule has 170 valence electrons. The first-order valence-corrected chi connectivity index (χ1v) is 11.3. The van der Waals surface area contributed by atoms with E-state index in [-0.39, 0.29) is 17.9 Å². The largest absolute Gasteiger partial charge is 0.493 e. The van der Waals surface area contributed by atoms with E-state index in [2.05, 4.69) is 5.32 Å². The predicted octanol–water partition coefficient (Wildman–Crippen LogP) is 2.86. The Morgan fingerprint density at radius 2 is 2.03 bits per heavy atom. The van der Waals surface area contributed by atoms with Gasteiger partial charge in [-0.25, -0.2) is 9.97 Å². The van der Waals surface area contributed by atoms with Crippen LogP contribution in [0.4, 0.5) is 5.82 Å². The van der Waals surface area contributed by atoms with Gasteiger partial charge in [0.15, 0.2) is 5.82 Å². The van der Waals surface area contributed by atoms with Crippen LogP contribution in [-0.2, 0) is 22.6 Å². The maximum absolute atomic E-state index is 13.0. The summed E-state index contributed by atoms with van der Waals surface area (Å²) in [6.45, 7) is 5.82. The number of para-hydroxylation sites is 1. The third-order valence-corrected chi connectivity index (χ3v) is 6.30. The van der Waals surface area contributed by atoms with Crippen LogP contribution in [0.25, 0.3) is 0 Å². The van der Waals surface area contributed by atoms with Gasteiger partial charge in [0.2, 0.25) is 11.8 Å². The highest BCUT2D eigenvalue weighted by molar-refractivity contribution is 5.77. The second-order valence-electron chi connectivity index (χ2n) is 8.41. The summed E-state index contributed by atoms with van der Waals surface area (Å²) in [4.78, 5) is 38.1. The standard InChI is InChI=1S/C24H31N5O3/c1-16-7-4-5-9-21(16)32-14-11-22(31)29-12-6-8-20(29)24-26-19-10-13-28(17(2)30)15-18(19)23(25-3)27-24/h4-5,7,9,20H,6,8,10-15H2,1-3H3,(H,25,26,27)/t20-/m1/s1. The Kier molecular flexibility index (Phi) is 6.58. The van der Waals surface area contributed by atoms with Crippen LogP contribution in [0.2, 0.25) is 0 Å². The number of hydrogen-bond acceptors (Lipinski definition) is 6. The van der Waals surface area contributed by atoms with Crippen molar-refractivity contribution < 1.29 is 14.3 Å². The fourth-order valence-corrected chi connectivity index (χ4v) is 4.50. The minimum Gasteiger partial charge on any atom is -0.493 e. The molecule has 2 amide bonds. The first-order chi connectivity index (χ1) is 15.5. The number of fused-ring (bicyclic) bond motifs is 1. The number of carbonyl (C=O) groups excluding carboxylic acids is 2. The molecule has 1 aromatic heterocycles. The lowest BCUT2D eigenvalue weighted by Crippen LogP contribution is -2.36. The number of ether oxygens (including phenoxy) is 1. The second-order valence-corrected chi connectivity index (χ2v) is 8.41. The van der Waals surface area contributed by atoms with E-state index in [9.17, 15) is 9.59 Å². The third kappa shape index (κ3) is 4.54. The molecule has 4 rings (SSSR count). The van der Waals surface area contributed by atoms with Crippen LogP contribution in [0.15, 0.2) is 24.3 Å². The van der Waals surface area contributed by atoms with E-state index in [0.717, 1.165) is 41.2 Å². The van der Waals surface area contributed by atoms with E-state index in [0.29, 0.717) is 44.9 Å². The number of carbonyl (C=O) groups is 2. The quantitative estimate of drug-likeness (QED) is 0.748. The fourth-order valence-electron chi connectivity index (χ4n) is 4.50. The minimum atomic E-state index is -0.121. The number of aromatic nitrogens is 2. The van der Waals surface area contributed by atoms with Crippen molar-refractivity contribution in [2.75, 3.05) is 32.1 Å². The van der Waals surface area contributed by atoms with Gasteiger partial charge in [-0.2, -0.15) is 0 Å². The summed E-state index contributed by atoms with van der Waals surface area (Å²) in [5.41, 5.74) is 3.00. The average Bonchev–Trinajstić information content (AvgIpc) is 3.29. The van der Waals surface area contributed by atoms with Gasteiger partial charge in [0.1, 0.15) is 11.6 Å². The van der Waals surface area contributed by atoms with E-state index in [4.69, 9.17) is 14.7 Å². The molecule has 0 radical (unpaired) electrons. The van der Waals surface area contributed by atoms with Gasteiger partial charge in [-0.05, 0) is 31.4 Å². The van der Waals surface area contributed by atoms with Gasteiger partial charge in [-0.3, -0.25) is 9.59 Å². The lowest BCUT2D eigenvalue weighted by Gasteiger charge is -2.30. The second kappa shape index (κ2) is 9.54. The van der Waals surface area contributed by atoms with Crippen LogP contribution < -0.4 is 10.1 Å². The number of benzene rings is 1. The summed E-state index contributed by atoms with van der Waals surface area (Å²) < 4.78 is 5.83. The number of hydrogen-bond donors (Lipinski definition) is 1. The molecule has 3 heterocycles. The zero-order valence-electron chi connectivity index (χ0n) is 19.1. The van der Waals surface area contributed by atoms with Gasteiger partial charge in [-0.15, -0.1) is 0 Å². The third-order valence-electron chi connectivity index (χ3n) is 6.30. The van der Waals surface area contributed by atoms with Crippen LogP contribution in [0.1, 0.15) is 54.9 Å². The first-order valence-electron chi connectivity index (χ1n) is 11.3. The number of nitrogens with one attached hydrogen (secondary N) is 1. The van der Waals surface area contributed by atoms with Crippen molar-refractivity contribution in [1.82, 2.24) is 19.8 Å². The molecule has 32 heavy (non-hydrogen) atoms. The lowest BCUT2D eigenvalue weighted by atomic mass is 10.0. The van der Waals surface area contributed by atoms with Crippen molar-refractivity contribution in [1.29, 1.82) is 0 Å². The molecule has 1 saturated heterocycles.